The van der Waals surface area contributed by atoms with Gasteiger partial charge in [-0.2, -0.15) is 5.10 Å². The van der Waals surface area contributed by atoms with Gasteiger partial charge < -0.3 is 19.5 Å². The smallest absolute Gasteiger partial charge is 0.310 e. The summed E-state index contributed by atoms with van der Waals surface area (Å²) in [5.74, 6) is -3.66. The Labute approximate surface area is 292 Å². The highest BCUT2D eigenvalue weighted by Gasteiger charge is 2.27. The van der Waals surface area contributed by atoms with E-state index in [0.29, 0.717) is 39.1 Å². The Hall–Kier alpha value is -6.19. The number of methoxy groups -OCH3 is 2. The van der Waals surface area contributed by atoms with Crippen LogP contribution in [0.1, 0.15) is 23.7 Å². The van der Waals surface area contributed by atoms with E-state index in [1.165, 1.54) is 49.8 Å². The normalized spacial score (nSPS) is 11.6. The number of nitrogens with one attached hydrogen (secondary N) is 1. The van der Waals surface area contributed by atoms with Gasteiger partial charge >= 0.3 is 5.97 Å². The van der Waals surface area contributed by atoms with E-state index in [2.05, 4.69) is 15.4 Å². The van der Waals surface area contributed by atoms with Gasteiger partial charge in [0.2, 0.25) is 0 Å². The summed E-state index contributed by atoms with van der Waals surface area (Å²) in [5.41, 5.74) is 0.306. The van der Waals surface area contributed by atoms with Crippen molar-refractivity contribution in [2.24, 2.45) is 0 Å². The molecule has 1 aromatic heterocycles. The minimum Gasteiger partial charge on any atom is -0.496 e. The summed E-state index contributed by atoms with van der Waals surface area (Å²) in [6.07, 6.45) is 2.79. The second-order valence-electron chi connectivity index (χ2n) is 10.8. The predicted molar refractivity (Wildman–Crippen MR) is 187 cm³/mol. The summed E-state index contributed by atoms with van der Waals surface area (Å²) < 4.78 is 73.2. The molecule has 1 heterocycles. The van der Waals surface area contributed by atoms with Crippen molar-refractivity contribution in [3.8, 4) is 34.1 Å². The molecule has 6 rings (SSSR count). The molecule has 12 nitrogen and oxygen atoms in total. The fourth-order valence-electron chi connectivity index (χ4n) is 5.55. The van der Waals surface area contributed by atoms with Gasteiger partial charge in [-0.1, -0.05) is 37.3 Å². The van der Waals surface area contributed by atoms with Gasteiger partial charge in [-0.3, -0.25) is 14.1 Å². The van der Waals surface area contributed by atoms with Crippen LogP contribution in [0.25, 0.3) is 27.6 Å². The van der Waals surface area contributed by atoms with E-state index in [0.717, 1.165) is 16.4 Å². The summed E-state index contributed by atoms with van der Waals surface area (Å²) in [5, 5.41) is 7.55. The summed E-state index contributed by atoms with van der Waals surface area (Å²) in [7, 11) is 2.97. The number of esters is 1. The number of halogens is 2. The van der Waals surface area contributed by atoms with Crippen molar-refractivity contribution in [1.29, 1.82) is 0 Å². The van der Waals surface area contributed by atoms with Gasteiger partial charge in [0, 0.05) is 11.8 Å². The first-order chi connectivity index (χ1) is 24.6. The molecule has 0 spiro atoms. The van der Waals surface area contributed by atoms with Gasteiger partial charge in [0.1, 0.15) is 41.4 Å². The first kappa shape index (κ1) is 34.7. The molecule has 0 aliphatic heterocycles. The van der Waals surface area contributed by atoms with Crippen molar-refractivity contribution in [2.45, 2.75) is 13.3 Å². The number of ether oxygens (including phenoxy) is 3. The van der Waals surface area contributed by atoms with E-state index < -0.39 is 40.3 Å². The molecule has 0 radical (unpaired) electrons. The Bertz CT molecular complexity index is 2240. The lowest BCUT2D eigenvalue weighted by Gasteiger charge is -2.22. The maximum Gasteiger partial charge on any atom is 0.310 e. The molecule has 1 amide bonds. The number of anilines is 3. The van der Waals surface area contributed by atoms with Crippen LogP contribution < -0.4 is 23.8 Å². The van der Waals surface area contributed by atoms with Gasteiger partial charge in [0.15, 0.2) is 5.75 Å². The summed E-state index contributed by atoms with van der Waals surface area (Å²) in [6, 6.07) is 21.2. The Morgan fingerprint density at radius 1 is 0.902 bits per heavy atom. The van der Waals surface area contributed by atoms with Crippen LogP contribution in [-0.2, 0) is 16.1 Å². The maximum atomic E-state index is 15.8. The molecule has 15 heteroatoms. The third kappa shape index (κ3) is 6.84. The fraction of sp³-hybridized carbons (Fsp3) is 0.111. The zero-order valence-corrected chi connectivity index (χ0v) is 28.1. The number of hydrogen-bond acceptors (Lipinski definition) is 8. The Kier molecular flexibility index (Phi) is 10.0. The van der Waals surface area contributed by atoms with E-state index in [-0.39, 0.29) is 29.2 Å². The molecule has 0 saturated carbocycles. The fourth-order valence-corrected chi connectivity index (χ4v) is 6.14. The van der Waals surface area contributed by atoms with Crippen molar-refractivity contribution < 1.29 is 41.3 Å². The molecule has 0 bridgehead atoms. The van der Waals surface area contributed by atoms with Gasteiger partial charge in [-0.25, -0.2) is 27.0 Å². The average Bonchev–Trinajstić information content (AvgIpc) is 3.67. The summed E-state index contributed by atoms with van der Waals surface area (Å²) >= 11 is -2.77. The molecular weight excluding hydrogens is 684 g/mol. The molecule has 51 heavy (non-hydrogen) atoms. The lowest BCUT2D eigenvalue weighted by atomic mass is 9.95. The molecule has 1 unspecified atom stereocenters. The molecule has 6 aromatic rings. The molecule has 5 aromatic carbocycles. The number of carbonyl (C=O) groups is 2. The number of aromatic nitrogens is 3. The SMILES string of the molecule is CCC(=O)Oc1c(NC(=O)c2c(F)cc(N(c3ccc(-n4cncn4)cc3)S(=O)O)cc2F)cc(-c2c(OC)cccc2OC)c2ccccc12. The number of carbonyl (C=O) groups excluding carboxylic acids is 2. The van der Waals surface area contributed by atoms with Crippen molar-refractivity contribution in [3.63, 3.8) is 0 Å². The largest absolute Gasteiger partial charge is 0.496 e. The lowest BCUT2D eigenvalue weighted by molar-refractivity contribution is -0.133. The Morgan fingerprint density at radius 3 is 2.12 bits per heavy atom. The van der Waals surface area contributed by atoms with Crippen LogP contribution in [0.15, 0.2) is 97.6 Å². The molecule has 1 atom stereocenters. The van der Waals surface area contributed by atoms with Crippen LogP contribution in [0.2, 0.25) is 0 Å². The van der Waals surface area contributed by atoms with E-state index >= 15 is 8.78 Å². The topological polar surface area (TPSA) is 145 Å². The van der Waals surface area contributed by atoms with Crippen molar-refractivity contribution in [2.75, 3.05) is 23.8 Å². The molecule has 260 valence electrons. The van der Waals surface area contributed by atoms with Crippen LogP contribution in [-0.4, -0.2) is 49.6 Å². The third-order valence-corrected chi connectivity index (χ3v) is 8.59. The predicted octanol–water partition coefficient (Wildman–Crippen LogP) is 7.23. The quantitative estimate of drug-likeness (QED) is 0.0807. The highest BCUT2D eigenvalue weighted by Crippen LogP contribution is 2.47. The van der Waals surface area contributed by atoms with Gasteiger partial charge in [-0.05, 0) is 65.5 Å². The molecule has 0 aliphatic rings. The number of benzene rings is 5. The highest BCUT2D eigenvalue weighted by atomic mass is 32.2. The van der Waals surface area contributed by atoms with Crippen molar-refractivity contribution in [1.82, 2.24) is 14.8 Å². The summed E-state index contributed by atoms with van der Waals surface area (Å²) in [4.78, 5) is 30.2. The molecule has 2 N–H and O–H groups in total. The summed E-state index contributed by atoms with van der Waals surface area (Å²) in [6.45, 7) is 1.59. The third-order valence-electron chi connectivity index (χ3n) is 7.86. The van der Waals surface area contributed by atoms with Gasteiger partial charge in [0.05, 0.1) is 42.5 Å². The number of fused-ring (bicyclic) bond motifs is 1. The van der Waals surface area contributed by atoms with E-state index in [1.807, 2.05) is 0 Å². The van der Waals surface area contributed by atoms with Crippen molar-refractivity contribution >= 4 is 51.0 Å². The first-order valence-corrected chi connectivity index (χ1v) is 16.4. The Balaban J connectivity index is 1.43. The van der Waals surface area contributed by atoms with Gasteiger partial charge in [-0.15, -0.1) is 0 Å². The lowest BCUT2D eigenvalue weighted by Crippen LogP contribution is -2.22. The second kappa shape index (κ2) is 14.7. The van der Waals surface area contributed by atoms with Crippen LogP contribution in [0.5, 0.6) is 17.2 Å². The standard InChI is InChI=1S/C36H29F2N5O7S/c1-4-32(44)50-35-25-9-6-5-8-24(25)26(33-30(48-2)10-7-11-31(33)49-3)18-29(35)41-36(45)34-27(37)16-23(17-28(34)38)43(51(46)47)22-14-12-21(13-15-22)42-20-39-19-40-42/h5-20H,4H2,1-3H3,(H,41,45)(H,46,47). The molecule has 0 aliphatic carbocycles. The average molecular weight is 714 g/mol. The van der Waals surface area contributed by atoms with E-state index in [9.17, 15) is 18.4 Å². The number of hydrogen-bond donors (Lipinski definition) is 2. The van der Waals surface area contributed by atoms with E-state index in [1.54, 1.807) is 61.5 Å². The molecule has 0 fully saturated rings. The molecular formula is C36H29F2N5O7S. The van der Waals surface area contributed by atoms with Crippen LogP contribution in [0.4, 0.5) is 25.8 Å². The zero-order chi connectivity index (χ0) is 36.2. The molecule has 0 saturated heterocycles. The zero-order valence-electron chi connectivity index (χ0n) is 27.3. The Morgan fingerprint density at radius 2 is 1.55 bits per heavy atom. The monoisotopic (exact) mass is 713 g/mol. The minimum absolute atomic E-state index is 0.000415. The maximum absolute atomic E-state index is 15.8. The first-order valence-electron chi connectivity index (χ1n) is 15.3. The number of nitrogens with zero attached hydrogens (tertiary/aromatic N) is 4. The van der Waals surface area contributed by atoms with Crippen LogP contribution in [0, 0.1) is 11.6 Å². The number of rotatable bonds is 11. The van der Waals surface area contributed by atoms with Crippen molar-refractivity contribution in [3.05, 3.63) is 115 Å². The minimum atomic E-state index is -2.77. The van der Waals surface area contributed by atoms with E-state index in [4.69, 9.17) is 14.2 Å². The van der Waals surface area contributed by atoms with Gasteiger partial charge in [0.25, 0.3) is 17.2 Å². The number of amides is 1. The van der Waals surface area contributed by atoms with Crippen LogP contribution >= 0.6 is 0 Å². The highest BCUT2D eigenvalue weighted by molar-refractivity contribution is 7.81. The second-order valence-corrected chi connectivity index (χ2v) is 11.7. The van der Waals surface area contributed by atoms with Crippen LogP contribution in [0.3, 0.4) is 0 Å².